The summed E-state index contributed by atoms with van der Waals surface area (Å²) in [6, 6.07) is -4.70. The van der Waals surface area contributed by atoms with Crippen LogP contribution in [0.4, 0.5) is 19.2 Å². The molecular formula is C47H80N6O16. The molecule has 5 amide bonds. The Morgan fingerprint density at radius 3 is 1.87 bits per heavy atom. The van der Waals surface area contributed by atoms with Crippen molar-refractivity contribution < 1.29 is 77.6 Å². The van der Waals surface area contributed by atoms with Gasteiger partial charge >= 0.3 is 24.4 Å². The van der Waals surface area contributed by atoms with Gasteiger partial charge in [-0.2, -0.15) is 0 Å². The molecule has 0 spiro atoms. The second-order valence-electron chi connectivity index (χ2n) is 23.5. The standard InChI is InChI=1S/C47H80N6O16/c1-42(2,3)66-38(57)50-27-18-17-26(21-48-20-25-15-16-25)64-33(27)30-28(51-39(58)67-43(4,5)6)19-29(49-37(56)47(62)22-53(23-47)41(60)69-45(10,11)12)34(31(30)54)65-36-32(55)35(46(13,61)24-63-36)52(14)40(59)68-44(7,8)9/h17,25,27-36,48,54-55,61-62H,15-16,18-24H2,1-14H3,(H,49,56)(H,50,57)(H,51,58)/t27-,28+,29-,30?,31+,32-,33+,34+,35-,36-,46+/m1/s1. The highest BCUT2D eigenvalue weighted by Gasteiger charge is 2.58. The number of aliphatic hydroxyl groups is 4. The van der Waals surface area contributed by atoms with Gasteiger partial charge in [0.25, 0.3) is 5.91 Å². The summed E-state index contributed by atoms with van der Waals surface area (Å²) < 4.78 is 41.5. The number of alkyl carbamates (subject to hydrolysis) is 2. The Kier molecular flexibility index (Phi) is 16.9. The number of nitrogens with one attached hydrogen (secondary N) is 4. The molecule has 2 saturated heterocycles. The number of nitrogens with zero attached hydrogens (tertiary/aromatic N) is 2. The van der Waals surface area contributed by atoms with Crippen molar-refractivity contribution in [1.29, 1.82) is 0 Å². The van der Waals surface area contributed by atoms with Crippen LogP contribution in [-0.2, 0) is 38.0 Å². The maximum absolute atomic E-state index is 14.2. The maximum Gasteiger partial charge on any atom is 0.410 e. The molecule has 22 nitrogen and oxygen atoms in total. The van der Waals surface area contributed by atoms with Gasteiger partial charge in [0.15, 0.2) is 11.9 Å². The van der Waals surface area contributed by atoms with Gasteiger partial charge in [-0.25, -0.2) is 19.2 Å². The monoisotopic (exact) mass is 985 g/mol. The van der Waals surface area contributed by atoms with Gasteiger partial charge in [0.05, 0.1) is 50.5 Å². The van der Waals surface area contributed by atoms with E-state index >= 15 is 0 Å². The summed E-state index contributed by atoms with van der Waals surface area (Å²) in [5.74, 6) is -1.10. The van der Waals surface area contributed by atoms with Crippen LogP contribution in [0.25, 0.3) is 0 Å². The van der Waals surface area contributed by atoms with E-state index in [9.17, 15) is 44.4 Å². The average Bonchev–Trinajstić information content (AvgIpc) is 3.98. The summed E-state index contributed by atoms with van der Waals surface area (Å²) in [6.45, 7) is 21.2. The fourth-order valence-corrected chi connectivity index (χ4v) is 8.90. The van der Waals surface area contributed by atoms with Gasteiger partial charge in [-0.15, -0.1) is 0 Å². The Hall–Kier alpha value is -4.19. The summed E-state index contributed by atoms with van der Waals surface area (Å²) in [7, 11) is 1.34. The van der Waals surface area contributed by atoms with Crippen molar-refractivity contribution in [1.82, 2.24) is 31.1 Å². The van der Waals surface area contributed by atoms with E-state index in [-0.39, 0.29) is 12.8 Å². The van der Waals surface area contributed by atoms with E-state index in [0.717, 1.165) is 29.2 Å². The zero-order chi connectivity index (χ0) is 51.8. The number of likely N-dealkylation sites (tertiary alicyclic amines) is 1. The molecule has 0 aromatic carbocycles. The number of ether oxygens (including phenoxy) is 7. The molecule has 2 aliphatic carbocycles. The maximum atomic E-state index is 14.2. The summed E-state index contributed by atoms with van der Waals surface area (Å²) in [6.07, 6.45) is -7.19. The number of carbonyl (C=O) groups is 5. The van der Waals surface area contributed by atoms with E-state index < -0.39 is 144 Å². The Morgan fingerprint density at radius 2 is 1.33 bits per heavy atom. The van der Waals surface area contributed by atoms with Crippen molar-refractivity contribution in [2.75, 3.05) is 39.8 Å². The first-order valence-electron chi connectivity index (χ1n) is 23.9. The van der Waals surface area contributed by atoms with Crippen LogP contribution in [0.3, 0.4) is 0 Å². The molecule has 1 unspecified atom stereocenters. The quantitative estimate of drug-likeness (QED) is 0.130. The lowest BCUT2D eigenvalue weighted by Gasteiger charge is -2.52. The molecule has 22 heteroatoms. The molecule has 394 valence electrons. The first kappa shape index (κ1) is 55.7. The van der Waals surface area contributed by atoms with Gasteiger partial charge in [0.1, 0.15) is 52.1 Å². The molecule has 0 aromatic rings. The normalized spacial score (nSPS) is 31.7. The molecule has 8 N–H and O–H groups in total. The van der Waals surface area contributed by atoms with E-state index in [1.54, 1.807) is 83.1 Å². The molecule has 0 aromatic heterocycles. The second kappa shape index (κ2) is 20.9. The average molecular weight is 985 g/mol. The largest absolute Gasteiger partial charge is 0.491 e. The predicted octanol–water partition coefficient (Wildman–Crippen LogP) is 2.38. The Morgan fingerprint density at radius 1 is 0.783 bits per heavy atom. The van der Waals surface area contributed by atoms with Gasteiger partial charge < -0.3 is 84.7 Å². The van der Waals surface area contributed by atoms with Gasteiger partial charge in [-0.05, 0) is 134 Å². The zero-order valence-electron chi connectivity index (χ0n) is 42.9. The van der Waals surface area contributed by atoms with Crippen molar-refractivity contribution in [2.45, 2.75) is 204 Å². The number of β-amino-alcohol motifs (C(OH)–C–C–N with tert-alkyl or cyclic N) is 1. The van der Waals surface area contributed by atoms with Crippen molar-refractivity contribution in [3.63, 3.8) is 0 Å². The second-order valence-corrected chi connectivity index (χ2v) is 23.5. The number of rotatable bonds is 12. The molecule has 5 rings (SSSR count). The van der Waals surface area contributed by atoms with Crippen LogP contribution in [-0.4, -0.2) is 189 Å². The predicted molar refractivity (Wildman–Crippen MR) is 247 cm³/mol. The van der Waals surface area contributed by atoms with Gasteiger partial charge in [0, 0.05) is 19.0 Å². The van der Waals surface area contributed by atoms with Crippen LogP contribution in [0, 0.1) is 11.8 Å². The van der Waals surface area contributed by atoms with Crippen LogP contribution in [0.15, 0.2) is 11.8 Å². The topological polar surface area (TPSA) is 285 Å². The van der Waals surface area contributed by atoms with Crippen molar-refractivity contribution in [2.24, 2.45) is 11.8 Å². The lowest BCUT2D eigenvalue weighted by molar-refractivity contribution is -0.306. The van der Waals surface area contributed by atoms with Crippen molar-refractivity contribution in [3.8, 4) is 0 Å². The number of likely N-dealkylation sites (N-methyl/N-ethyl adjacent to an activating group) is 1. The van der Waals surface area contributed by atoms with Gasteiger partial charge in [-0.3, -0.25) is 4.79 Å². The lowest BCUT2D eigenvalue weighted by Crippen LogP contribution is -2.74. The Balaban J connectivity index is 1.55. The lowest BCUT2D eigenvalue weighted by atomic mass is 9.72. The molecule has 5 aliphatic rings. The molecule has 3 heterocycles. The summed E-state index contributed by atoms with van der Waals surface area (Å²) in [5, 5.41) is 60.0. The van der Waals surface area contributed by atoms with Crippen LogP contribution < -0.4 is 21.3 Å². The molecule has 0 bridgehead atoms. The third-order valence-corrected chi connectivity index (χ3v) is 12.1. The van der Waals surface area contributed by atoms with E-state index in [2.05, 4.69) is 21.3 Å². The third kappa shape index (κ3) is 15.4. The molecule has 4 fully saturated rings. The summed E-state index contributed by atoms with van der Waals surface area (Å²) in [4.78, 5) is 69.8. The van der Waals surface area contributed by atoms with Crippen LogP contribution in [0.1, 0.15) is 116 Å². The molecule has 3 aliphatic heterocycles. The van der Waals surface area contributed by atoms with E-state index in [0.29, 0.717) is 18.2 Å². The minimum Gasteiger partial charge on any atom is -0.491 e. The Labute approximate surface area is 405 Å². The smallest absolute Gasteiger partial charge is 0.410 e. The number of aliphatic hydroxyl groups excluding tert-OH is 2. The minimum absolute atomic E-state index is 0.206. The third-order valence-electron chi connectivity index (χ3n) is 12.1. The van der Waals surface area contributed by atoms with Crippen LogP contribution in [0.2, 0.25) is 0 Å². The molecule has 0 radical (unpaired) electrons. The number of hydrogen-bond donors (Lipinski definition) is 8. The molecule has 11 atom stereocenters. The highest BCUT2D eigenvalue weighted by atomic mass is 16.7. The van der Waals surface area contributed by atoms with E-state index in [4.69, 9.17) is 33.2 Å². The highest BCUT2D eigenvalue weighted by Crippen LogP contribution is 2.39. The first-order chi connectivity index (χ1) is 31.5. The summed E-state index contributed by atoms with van der Waals surface area (Å²) >= 11 is 0. The zero-order valence-corrected chi connectivity index (χ0v) is 42.9. The fourth-order valence-electron chi connectivity index (χ4n) is 8.90. The number of carbonyl (C=O) groups excluding carboxylic acids is 5. The molecule has 69 heavy (non-hydrogen) atoms. The SMILES string of the molecule is CN(C(=O)OC(C)(C)C)[C@@H]1[C@@H](O)[C@@H](O[C@H]2[C@H](NC(=O)C3(O)CN(C(=O)OC(C)(C)C)C3)C[C@H](NC(=O)OC(C)(C)C)C([C@H]3OC(CNCC4CC4)=CC[C@H]3NC(=O)OC(C)(C)C)[C@@H]2O)OC[C@]1(C)O. The highest BCUT2D eigenvalue weighted by molar-refractivity contribution is 5.89. The molecule has 2 saturated carbocycles. The van der Waals surface area contributed by atoms with Crippen LogP contribution in [0.5, 0.6) is 0 Å². The van der Waals surface area contributed by atoms with Crippen molar-refractivity contribution >= 4 is 30.3 Å². The van der Waals surface area contributed by atoms with Gasteiger partial charge in [0.2, 0.25) is 0 Å². The van der Waals surface area contributed by atoms with E-state index in [1.165, 1.54) is 14.0 Å². The summed E-state index contributed by atoms with van der Waals surface area (Å²) in [5.41, 5.74) is -7.62. The van der Waals surface area contributed by atoms with Crippen LogP contribution >= 0.6 is 0 Å². The van der Waals surface area contributed by atoms with Gasteiger partial charge in [-0.1, -0.05) is 0 Å². The first-order valence-corrected chi connectivity index (χ1v) is 23.9. The minimum atomic E-state index is -2.12. The number of hydrogen-bond acceptors (Lipinski definition) is 17. The molecular weight excluding hydrogens is 905 g/mol. The fraction of sp³-hybridized carbons (Fsp3) is 0.851. The number of amides is 5. The van der Waals surface area contributed by atoms with Crippen molar-refractivity contribution in [3.05, 3.63) is 11.8 Å². The van der Waals surface area contributed by atoms with E-state index in [1.807, 2.05) is 6.08 Å². The Bertz CT molecular complexity index is 1880.